The van der Waals surface area contributed by atoms with Crippen molar-refractivity contribution < 1.29 is 9.13 Å². The summed E-state index contributed by atoms with van der Waals surface area (Å²) >= 11 is 11.9. The van der Waals surface area contributed by atoms with Crippen molar-refractivity contribution in [2.75, 3.05) is 5.32 Å². The molecule has 0 aliphatic heterocycles. The molecule has 3 aromatic carbocycles. The zero-order chi connectivity index (χ0) is 23.0. The molecule has 0 spiro atoms. The molecule has 0 aliphatic rings. The van der Waals surface area contributed by atoms with E-state index in [0.29, 0.717) is 28.0 Å². The lowest BCUT2D eigenvalue weighted by Crippen LogP contribution is -2.34. The number of pyridine rings is 1. The van der Waals surface area contributed by atoms with E-state index in [9.17, 15) is 4.39 Å². The Labute approximate surface area is 202 Å². The van der Waals surface area contributed by atoms with Crippen LogP contribution in [0.2, 0.25) is 5.02 Å². The fourth-order valence-corrected chi connectivity index (χ4v) is 3.69. The van der Waals surface area contributed by atoms with Gasteiger partial charge in [0, 0.05) is 41.8 Å². The molecule has 0 radical (unpaired) electrons. The molecule has 0 unspecified atom stereocenters. The summed E-state index contributed by atoms with van der Waals surface area (Å²) < 4.78 is 20.3. The molecule has 1 N–H and O–H groups in total. The van der Waals surface area contributed by atoms with Gasteiger partial charge in [-0.25, -0.2) is 4.39 Å². The van der Waals surface area contributed by atoms with Gasteiger partial charge in [-0.05, 0) is 72.4 Å². The molecule has 4 aromatic rings. The molecule has 1 aromatic heterocycles. The van der Waals surface area contributed by atoms with E-state index in [2.05, 4.69) is 10.3 Å². The highest BCUT2D eigenvalue weighted by Gasteiger charge is 2.16. The average molecular weight is 478 g/mol. The van der Waals surface area contributed by atoms with Gasteiger partial charge < -0.3 is 15.0 Å². The SMILES string of the molecule is Fc1cccc(Cl)c1CN(Cc1cccnc1)C(=S)Nc1ccc(Oc2ccccc2)cc1. The zero-order valence-corrected chi connectivity index (χ0v) is 19.2. The number of thiocarbonyl (C=S) groups is 1. The van der Waals surface area contributed by atoms with Gasteiger partial charge in [-0.3, -0.25) is 4.98 Å². The minimum Gasteiger partial charge on any atom is -0.457 e. The number of benzene rings is 3. The van der Waals surface area contributed by atoms with Crippen molar-refractivity contribution in [3.63, 3.8) is 0 Å². The molecule has 33 heavy (non-hydrogen) atoms. The van der Waals surface area contributed by atoms with Crippen LogP contribution in [0.15, 0.2) is 97.3 Å². The lowest BCUT2D eigenvalue weighted by molar-refractivity contribution is 0.402. The number of nitrogens with one attached hydrogen (secondary N) is 1. The van der Waals surface area contributed by atoms with E-state index in [0.717, 1.165) is 17.0 Å². The van der Waals surface area contributed by atoms with Crippen LogP contribution in [0.4, 0.5) is 10.1 Å². The Morgan fingerprint density at radius 2 is 1.67 bits per heavy atom. The molecule has 0 fully saturated rings. The van der Waals surface area contributed by atoms with Gasteiger partial charge in [0.05, 0.1) is 0 Å². The van der Waals surface area contributed by atoms with Gasteiger partial charge in [0.25, 0.3) is 0 Å². The summed E-state index contributed by atoms with van der Waals surface area (Å²) in [5.41, 5.74) is 2.12. The first kappa shape index (κ1) is 22.7. The van der Waals surface area contributed by atoms with Crippen molar-refractivity contribution in [2.45, 2.75) is 13.1 Å². The predicted octanol–water partition coefficient (Wildman–Crippen LogP) is 7.07. The van der Waals surface area contributed by atoms with E-state index in [1.54, 1.807) is 24.5 Å². The van der Waals surface area contributed by atoms with Crippen LogP contribution in [0.3, 0.4) is 0 Å². The van der Waals surface area contributed by atoms with Crippen LogP contribution in [-0.4, -0.2) is 15.0 Å². The number of rotatable bonds is 7. The monoisotopic (exact) mass is 477 g/mol. The molecule has 1 heterocycles. The molecule has 4 rings (SSSR count). The van der Waals surface area contributed by atoms with Crippen molar-refractivity contribution in [1.29, 1.82) is 0 Å². The molecule has 0 amide bonds. The van der Waals surface area contributed by atoms with Crippen molar-refractivity contribution in [3.05, 3.63) is 119 Å². The van der Waals surface area contributed by atoms with Crippen LogP contribution in [0.1, 0.15) is 11.1 Å². The zero-order valence-electron chi connectivity index (χ0n) is 17.6. The molecule has 4 nitrogen and oxygen atoms in total. The van der Waals surface area contributed by atoms with Crippen LogP contribution in [0.5, 0.6) is 11.5 Å². The van der Waals surface area contributed by atoms with Gasteiger partial charge >= 0.3 is 0 Å². The predicted molar refractivity (Wildman–Crippen MR) is 134 cm³/mol. The third kappa shape index (κ3) is 6.28. The van der Waals surface area contributed by atoms with E-state index >= 15 is 0 Å². The minimum atomic E-state index is -0.371. The number of hydrogen-bond donors (Lipinski definition) is 1. The Balaban J connectivity index is 1.49. The maximum absolute atomic E-state index is 14.5. The lowest BCUT2D eigenvalue weighted by atomic mass is 10.2. The summed E-state index contributed by atoms with van der Waals surface area (Å²) in [5, 5.41) is 4.03. The average Bonchev–Trinajstić information content (AvgIpc) is 2.83. The Kier molecular flexibility index (Phi) is 7.50. The maximum Gasteiger partial charge on any atom is 0.174 e. The topological polar surface area (TPSA) is 37.4 Å². The normalized spacial score (nSPS) is 10.5. The molecular weight excluding hydrogens is 457 g/mol. The van der Waals surface area contributed by atoms with E-state index in [4.69, 9.17) is 28.6 Å². The molecular formula is C26H21ClFN3OS. The molecule has 0 saturated carbocycles. The molecule has 0 bridgehead atoms. The quantitative estimate of drug-likeness (QED) is 0.288. The van der Waals surface area contributed by atoms with Gasteiger partial charge in [-0.1, -0.05) is 41.9 Å². The Bertz CT molecular complexity index is 1190. The number of hydrogen-bond acceptors (Lipinski definition) is 3. The minimum absolute atomic E-state index is 0.210. The van der Waals surface area contributed by atoms with Gasteiger partial charge in [-0.15, -0.1) is 0 Å². The van der Waals surface area contributed by atoms with E-state index in [-0.39, 0.29) is 12.4 Å². The van der Waals surface area contributed by atoms with E-state index < -0.39 is 0 Å². The highest BCUT2D eigenvalue weighted by Crippen LogP contribution is 2.25. The van der Waals surface area contributed by atoms with Crippen LogP contribution < -0.4 is 10.1 Å². The number of aromatic nitrogens is 1. The third-order valence-corrected chi connectivity index (χ3v) is 5.59. The van der Waals surface area contributed by atoms with Crippen LogP contribution >= 0.6 is 23.8 Å². The Morgan fingerprint density at radius 3 is 2.36 bits per heavy atom. The molecule has 0 saturated heterocycles. The van der Waals surface area contributed by atoms with Gasteiger partial charge in [0.1, 0.15) is 17.3 Å². The van der Waals surface area contributed by atoms with Crippen molar-refractivity contribution in [2.24, 2.45) is 0 Å². The summed E-state index contributed by atoms with van der Waals surface area (Å²) in [6, 6.07) is 25.5. The number of nitrogens with zero attached hydrogens (tertiary/aromatic N) is 2. The second-order valence-electron chi connectivity index (χ2n) is 7.29. The summed E-state index contributed by atoms with van der Waals surface area (Å²) in [5.74, 6) is 1.10. The van der Waals surface area contributed by atoms with Crippen LogP contribution in [0, 0.1) is 5.82 Å². The largest absolute Gasteiger partial charge is 0.457 e. The number of para-hydroxylation sites is 1. The van der Waals surface area contributed by atoms with Crippen molar-refractivity contribution >= 4 is 34.6 Å². The number of anilines is 1. The van der Waals surface area contributed by atoms with Gasteiger partial charge in [-0.2, -0.15) is 0 Å². The van der Waals surface area contributed by atoms with Crippen LogP contribution in [0.25, 0.3) is 0 Å². The van der Waals surface area contributed by atoms with E-state index in [1.165, 1.54) is 6.07 Å². The first-order valence-electron chi connectivity index (χ1n) is 10.3. The second kappa shape index (κ2) is 10.9. The summed E-state index contributed by atoms with van der Waals surface area (Å²) in [6.07, 6.45) is 3.46. The van der Waals surface area contributed by atoms with Crippen molar-refractivity contribution in [1.82, 2.24) is 9.88 Å². The molecule has 7 heteroatoms. The lowest BCUT2D eigenvalue weighted by Gasteiger charge is -2.26. The fourth-order valence-electron chi connectivity index (χ4n) is 3.22. The second-order valence-corrected chi connectivity index (χ2v) is 8.08. The van der Waals surface area contributed by atoms with Crippen molar-refractivity contribution in [3.8, 4) is 11.5 Å². The third-order valence-electron chi connectivity index (χ3n) is 4.88. The highest BCUT2D eigenvalue weighted by molar-refractivity contribution is 7.80. The first-order valence-corrected chi connectivity index (χ1v) is 11.1. The van der Waals surface area contributed by atoms with Gasteiger partial charge in [0.2, 0.25) is 0 Å². The number of halogens is 2. The van der Waals surface area contributed by atoms with Crippen LogP contribution in [-0.2, 0) is 13.1 Å². The Hall–Kier alpha value is -3.48. The maximum atomic E-state index is 14.5. The smallest absolute Gasteiger partial charge is 0.174 e. The summed E-state index contributed by atoms with van der Waals surface area (Å²) in [6.45, 7) is 0.654. The Morgan fingerprint density at radius 1 is 0.909 bits per heavy atom. The highest BCUT2D eigenvalue weighted by atomic mass is 35.5. The number of ether oxygens (including phenoxy) is 1. The standard InChI is InChI=1S/C26H21ClFN3OS/c27-24-9-4-10-25(28)23(24)18-31(17-19-6-5-15-29-16-19)26(33)30-20-11-13-22(14-12-20)32-21-7-2-1-3-8-21/h1-16H,17-18H2,(H,30,33). The molecule has 0 atom stereocenters. The first-order chi connectivity index (χ1) is 16.1. The van der Waals surface area contributed by atoms with E-state index in [1.807, 2.05) is 71.6 Å². The van der Waals surface area contributed by atoms with Gasteiger partial charge in [0.15, 0.2) is 5.11 Å². The summed E-state index contributed by atoms with van der Waals surface area (Å²) in [4.78, 5) is 6.02. The molecule has 0 aliphatic carbocycles. The molecule has 166 valence electrons. The fraction of sp³-hybridized carbons (Fsp3) is 0.0769. The summed E-state index contributed by atoms with van der Waals surface area (Å²) in [7, 11) is 0.